The van der Waals surface area contributed by atoms with Crippen LogP contribution in [-0.2, 0) is 10.9 Å². The van der Waals surface area contributed by atoms with Gasteiger partial charge in [0.1, 0.15) is 18.2 Å². The molecule has 2 atom stereocenters. The lowest BCUT2D eigenvalue weighted by Gasteiger charge is -2.47. The Morgan fingerprint density at radius 3 is 2.56 bits per heavy atom. The predicted octanol–water partition coefficient (Wildman–Crippen LogP) is 7.63. The van der Waals surface area contributed by atoms with E-state index in [1.807, 2.05) is 13.0 Å². The van der Waals surface area contributed by atoms with Gasteiger partial charge in [-0.2, -0.15) is 13.2 Å². The van der Waals surface area contributed by atoms with Crippen molar-refractivity contribution in [2.45, 2.75) is 72.5 Å². The monoisotopic (exact) mass is 566 g/mol. The number of aliphatic imine (C=N–C) groups is 1. The first-order chi connectivity index (χ1) is 18.2. The number of aromatic nitrogens is 1. The molecule has 39 heavy (non-hydrogen) atoms. The Balaban J connectivity index is 1.74. The van der Waals surface area contributed by atoms with Crippen LogP contribution in [0.1, 0.15) is 67.9 Å². The van der Waals surface area contributed by atoms with E-state index in [0.29, 0.717) is 41.7 Å². The second kappa shape index (κ2) is 10.7. The van der Waals surface area contributed by atoms with Crippen molar-refractivity contribution < 1.29 is 22.3 Å². The summed E-state index contributed by atoms with van der Waals surface area (Å²) in [5.74, 6) is -0.00702. The number of alkyl halides is 3. The topological polar surface area (TPSA) is 63.7 Å². The highest BCUT2D eigenvalue weighted by Crippen LogP contribution is 2.45. The fraction of sp³-hybridized carbons (Fsp3) is 0.517. The summed E-state index contributed by atoms with van der Waals surface area (Å²) in [5.41, 5.74) is 4.90. The third-order valence-corrected chi connectivity index (χ3v) is 8.36. The molecule has 5 nitrogen and oxygen atoms in total. The Morgan fingerprint density at radius 2 is 2.00 bits per heavy atom. The van der Waals surface area contributed by atoms with Gasteiger partial charge in [-0.25, -0.2) is 14.4 Å². The Morgan fingerprint density at radius 1 is 1.31 bits per heavy atom. The Hall–Kier alpha value is -2.65. The molecule has 0 spiro atoms. The van der Waals surface area contributed by atoms with Gasteiger partial charge in [-0.3, -0.25) is 4.90 Å². The number of nitrogens with zero attached hydrogens (tertiary/aromatic N) is 3. The first-order valence-corrected chi connectivity index (χ1v) is 13.5. The fourth-order valence-electron chi connectivity index (χ4n) is 6.11. The van der Waals surface area contributed by atoms with E-state index in [4.69, 9.17) is 22.1 Å². The summed E-state index contributed by atoms with van der Waals surface area (Å²) >= 11 is 6.59. The van der Waals surface area contributed by atoms with Crippen molar-refractivity contribution in [3.63, 3.8) is 0 Å². The van der Waals surface area contributed by atoms with E-state index in [2.05, 4.69) is 21.8 Å². The van der Waals surface area contributed by atoms with Crippen LogP contribution in [-0.4, -0.2) is 40.8 Å². The van der Waals surface area contributed by atoms with Gasteiger partial charge in [0.2, 0.25) is 5.88 Å². The number of allylic oxidation sites excluding steroid dienone is 1. The fourth-order valence-corrected chi connectivity index (χ4v) is 6.38. The highest BCUT2D eigenvalue weighted by Gasteiger charge is 2.51. The van der Waals surface area contributed by atoms with Crippen molar-refractivity contribution in [2.24, 2.45) is 10.9 Å². The first kappa shape index (κ1) is 29.3. The molecule has 2 fully saturated rings. The van der Waals surface area contributed by atoms with Crippen LogP contribution < -0.4 is 5.73 Å². The number of aryl methyl sites for hydroxylation is 1. The maximum absolute atomic E-state index is 15.9. The lowest BCUT2D eigenvalue weighted by Crippen LogP contribution is -2.58. The van der Waals surface area contributed by atoms with Crippen LogP contribution >= 0.6 is 11.6 Å². The van der Waals surface area contributed by atoms with Gasteiger partial charge < -0.3 is 10.5 Å². The average molecular weight is 567 g/mol. The van der Waals surface area contributed by atoms with E-state index in [9.17, 15) is 13.2 Å². The number of hydrogen-bond acceptors (Lipinski definition) is 5. The molecule has 0 bridgehead atoms. The van der Waals surface area contributed by atoms with E-state index < -0.39 is 28.8 Å². The Labute approximate surface area is 232 Å². The van der Waals surface area contributed by atoms with Crippen molar-refractivity contribution in [3.8, 4) is 11.3 Å². The lowest BCUT2D eigenvalue weighted by atomic mass is 9.84. The van der Waals surface area contributed by atoms with Gasteiger partial charge in [-0.05, 0) is 81.7 Å². The number of pyridine rings is 1. The minimum atomic E-state index is -4.78. The first-order valence-electron chi connectivity index (χ1n) is 13.2. The predicted molar refractivity (Wildman–Crippen MR) is 148 cm³/mol. The number of fused-ring (bicyclic) bond motifs is 1. The van der Waals surface area contributed by atoms with E-state index in [0.717, 1.165) is 32.0 Å². The quantitative estimate of drug-likeness (QED) is 0.213. The highest BCUT2D eigenvalue weighted by atomic mass is 35.5. The maximum atomic E-state index is 15.9. The molecule has 1 aromatic heterocycles. The molecule has 212 valence electrons. The van der Waals surface area contributed by atoms with Gasteiger partial charge >= 0.3 is 6.18 Å². The second-order valence-corrected chi connectivity index (χ2v) is 11.3. The molecule has 4 rings (SSSR count). The Bertz CT molecular complexity index is 1330. The van der Waals surface area contributed by atoms with Gasteiger partial charge in [-0.15, -0.1) is 0 Å². The molecule has 0 aliphatic carbocycles. The molecule has 0 saturated carbocycles. The summed E-state index contributed by atoms with van der Waals surface area (Å²) < 4.78 is 64.1. The number of rotatable bonds is 7. The van der Waals surface area contributed by atoms with Gasteiger partial charge in [0.05, 0.1) is 27.4 Å². The smallest absolute Gasteiger partial charge is 0.418 e. The number of ether oxygens (including phenoxy) is 1. The van der Waals surface area contributed by atoms with Crippen molar-refractivity contribution in [1.82, 2.24) is 9.88 Å². The van der Waals surface area contributed by atoms with Crippen molar-refractivity contribution in [3.05, 3.63) is 56.7 Å². The van der Waals surface area contributed by atoms with Gasteiger partial charge in [-0.1, -0.05) is 25.4 Å². The number of anilines is 1. The maximum Gasteiger partial charge on any atom is 0.418 e. The van der Waals surface area contributed by atoms with E-state index in [1.165, 1.54) is 13.8 Å². The second-order valence-electron chi connectivity index (χ2n) is 10.9. The molecule has 2 aliphatic rings. The SMILES string of the molecule is CC/C=C(/N=C(C)c1c(C)c(F)c(-c2nc(N)cc(C)c2C(F)(F)F)c(Cl)c1C)OCC12CCN1CC(C)C2. The molecule has 2 aromatic rings. The molecule has 0 radical (unpaired) electrons. The summed E-state index contributed by atoms with van der Waals surface area (Å²) in [5, 5.41) is -0.170. The van der Waals surface area contributed by atoms with Gasteiger partial charge in [0.15, 0.2) is 0 Å². The third-order valence-electron chi connectivity index (χ3n) is 7.89. The molecule has 0 amide bonds. The molecule has 2 unspecified atom stereocenters. The van der Waals surface area contributed by atoms with Crippen LogP contribution in [0.2, 0.25) is 5.02 Å². The van der Waals surface area contributed by atoms with Crippen molar-refractivity contribution in [1.29, 1.82) is 0 Å². The highest BCUT2D eigenvalue weighted by molar-refractivity contribution is 6.34. The van der Waals surface area contributed by atoms with Crippen molar-refractivity contribution in [2.75, 3.05) is 25.4 Å². The molecular formula is C29H35ClF4N4O. The number of nitrogens with two attached hydrogens (primary N) is 1. The average Bonchev–Trinajstić information content (AvgIpc) is 3.03. The number of benzene rings is 1. The minimum absolute atomic E-state index is 0.0391. The lowest BCUT2D eigenvalue weighted by molar-refractivity contribution is -0.137. The normalized spacial score (nSPS) is 22.2. The molecule has 1 aromatic carbocycles. The molecule has 2 aliphatic heterocycles. The molecule has 2 N–H and O–H groups in total. The van der Waals surface area contributed by atoms with Crippen LogP contribution in [0.3, 0.4) is 0 Å². The van der Waals surface area contributed by atoms with E-state index in [1.54, 1.807) is 13.8 Å². The largest absolute Gasteiger partial charge is 0.476 e. The number of halogens is 5. The van der Waals surface area contributed by atoms with Gasteiger partial charge in [0.25, 0.3) is 0 Å². The van der Waals surface area contributed by atoms with Gasteiger partial charge in [0, 0.05) is 24.4 Å². The molecule has 3 heterocycles. The molecule has 2 saturated heterocycles. The minimum Gasteiger partial charge on any atom is -0.476 e. The number of nitrogen functional groups attached to an aromatic ring is 1. The Kier molecular flexibility index (Phi) is 8.07. The summed E-state index contributed by atoms with van der Waals surface area (Å²) in [4.78, 5) is 11.0. The molecular weight excluding hydrogens is 532 g/mol. The van der Waals surface area contributed by atoms with Crippen LogP contribution in [0.25, 0.3) is 11.3 Å². The summed E-state index contributed by atoms with van der Waals surface area (Å²) in [7, 11) is 0. The third kappa shape index (κ3) is 5.40. The van der Waals surface area contributed by atoms with Crippen LogP contribution in [0.15, 0.2) is 23.0 Å². The zero-order valence-corrected chi connectivity index (χ0v) is 23.9. The van der Waals surface area contributed by atoms with E-state index in [-0.39, 0.29) is 27.5 Å². The van der Waals surface area contributed by atoms with Crippen LogP contribution in [0.4, 0.5) is 23.4 Å². The van der Waals surface area contributed by atoms with E-state index >= 15 is 4.39 Å². The number of hydrogen-bond donors (Lipinski definition) is 1. The van der Waals surface area contributed by atoms with Crippen LogP contribution in [0.5, 0.6) is 0 Å². The zero-order valence-electron chi connectivity index (χ0n) is 23.2. The van der Waals surface area contributed by atoms with Crippen LogP contribution in [0, 0.1) is 32.5 Å². The van der Waals surface area contributed by atoms with Crippen molar-refractivity contribution >= 4 is 23.1 Å². The zero-order chi connectivity index (χ0) is 28.9. The molecule has 10 heteroatoms. The standard InChI is InChI=1S/C29H35ClF4N4O/c1-7-8-21(39-14-28-9-10-38(28)13-15(2)12-28)36-19(6)22-17(4)25(30)23(26(31)18(22)5)27-24(29(32,33)34)16(3)11-20(35)37-27/h8,11,15H,7,9-10,12-14H2,1-6H3,(H2,35,37)/b21-8-,36-19?. The summed E-state index contributed by atoms with van der Waals surface area (Å²) in [6, 6.07) is 1.11. The summed E-state index contributed by atoms with van der Waals surface area (Å²) in [6.07, 6.45) is -0.0680. The summed E-state index contributed by atoms with van der Waals surface area (Å²) in [6.45, 7) is 13.0.